The molecular formula is C14H26N2O2. The number of allylic oxidation sites excluding steroid dienone is 1. The van der Waals surface area contributed by atoms with Crippen LogP contribution >= 0.6 is 0 Å². The Labute approximate surface area is 110 Å². The summed E-state index contributed by atoms with van der Waals surface area (Å²) in [5.74, 6) is 0.0400. The van der Waals surface area contributed by atoms with Gasteiger partial charge >= 0.3 is 0 Å². The molecule has 1 amide bonds. The zero-order valence-corrected chi connectivity index (χ0v) is 12.1. The summed E-state index contributed by atoms with van der Waals surface area (Å²) in [7, 11) is 0. The van der Waals surface area contributed by atoms with Crippen molar-refractivity contribution < 1.29 is 9.53 Å². The summed E-state index contributed by atoms with van der Waals surface area (Å²) in [6, 6.07) is 0. The van der Waals surface area contributed by atoms with Crippen molar-refractivity contribution in [1.29, 1.82) is 0 Å². The van der Waals surface area contributed by atoms with Crippen molar-refractivity contribution in [1.82, 2.24) is 10.2 Å². The summed E-state index contributed by atoms with van der Waals surface area (Å²) >= 11 is 0. The highest BCUT2D eigenvalue weighted by molar-refractivity contribution is 5.92. The van der Waals surface area contributed by atoms with E-state index in [-0.39, 0.29) is 11.4 Å². The molecule has 1 N–H and O–H groups in total. The van der Waals surface area contributed by atoms with Crippen LogP contribution in [-0.4, -0.2) is 49.2 Å². The zero-order valence-electron chi connectivity index (χ0n) is 12.1. The predicted octanol–water partition coefficient (Wildman–Crippen LogP) is 1.57. The average molecular weight is 254 g/mol. The summed E-state index contributed by atoms with van der Waals surface area (Å²) < 4.78 is 5.35. The highest BCUT2D eigenvalue weighted by Gasteiger charge is 2.28. The highest BCUT2D eigenvalue weighted by atomic mass is 16.5. The van der Waals surface area contributed by atoms with Crippen LogP contribution in [0.15, 0.2) is 11.6 Å². The molecule has 1 fully saturated rings. The number of amides is 1. The van der Waals surface area contributed by atoms with Crippen molar-refractivity contribution in [2.45, 2.75) is 39.7 Å². The summed E-state index contributed by atoms with van der Waals surface area (Å²) in [5, 5.41) is 3.02. The van der Waals surface area contributed by atoms with Gasteiger partial charge in [-0.25, -0.2) is 0 Å². The van der Waals surface area contributed by atoms with E-state index in [0.717, 1.165) is 38.3 Å². The van der Waals surface area contributed by atoms with Gasteiger partial charge in [0.25, 0.3) is 0 Å². The third kappa shape index (κ3) is 4.42. The Bertz CT molecular complexity index is 305. The minimum atomic E-state index is -0.0219. The smallest absolute Gasteiger partial charge is 0.246 e. The van der Waals surface area contributed by atoms with E-state index in [1.165, 1.54) is 0 Å². The maximum atomic E-state index is 11.8. The second-order valence-corrected chi connectivity index (χ2v) is 5.39. The van der Waals surface area contributed by atoms with Crippen molar-refractivity contribution in [3.05, 3.63) is 11.6 Å². The highest BCUT2D eigenvalue weighted by Crippen LogP contribution is 2.15. The lowest BCUT2D eigenvalue weighted by molar-refractivity contribution is -0.118. The number of nitrogens with one attached hydrogen (secondary N) is 1. The molecule has 0 bridgehead atoms. The fourth-order valence-corrected chi connectivity index (χ4v) is 2.12. The molecule has 0 atom stereocenters. The van der Waals surface area contributed by atoms with Gasteiger partial charge in [0.1, 0.15) is 0 Å². The maximum absolute atomic E-state index is 11.8. The molecule has 1 aliphatic heterocycles. The van der Waals surface area contributed by atoms with Gasteiger partial charge in [0.15, 0.2) is 0 Å². The number of morpholine rings is 1. The van der Waals surface area contributed by atoms with Crippen molar-refractivity contribution in [3.63, 3.8) is 0 Å². The van der Waals surface area contributed by atoms with Gasteiger partial charge in [0.2, 0.25) is 5.91 Å². The number of rotatable bonds is 5. The number of hydrogen-bond donors (Lipinski definition) is 1. The molecule has 1 heterocycles. The maximum Gasteiger partial charge on any atom is 0.246 e. The number of carbonyl (C=O) groups excluding carboxylic acids is 1. The number of carbonyl (C=O) groups is 1. The Morgan fingerprint density at radius 3 is 2.56 bits per heavy atom. The fourth-order valence-electron chi connectivity index (χ4n) is 2.12. The van der Waals surface area contributed by atoms with Crippen LogP contribution < -0.4 is 5.32 Å². The van der Waals surface area contributed by atoms with Crippen LogP contribution in [0.2, 0.25) is 0 Å². The van der Waals surface area contributed by atoms with Crippen LogP contribution in [0.5, 0.6) is 0 Å². The van der Waals surface area contributed by atoms with Crippen LogP contribution in [0, 0.1) is 0 Å². The Balaban J connectivity index is 2.45. The third-order valence-electron chi connectivity index (χ3n) is 3.42. The minimum Gasteiger partial charge on any atom is -0.379 e. The molecule has 4 heteroatoms. The number of hydrogen-bond acceptors (Lipinski definition) is 3. The van der Waals surface area contributed by atoms with Crippen LogP contribution in [-0.2, 0) is 9.53 Å². The summed E-state index contributed by atoms with van der Waals surface area (Å²) in [5.41, 5.74) is 0.779. The first-order valence-electron chi connectivity index (χ1n) is 6.75. The van der Waals surface area contributed by atoms with E-state index in [2.05, 4.69) is 24.1 Å². The molecule has 1 saturated heterocycles. The molecule has 1 aliphatic rings. The molecular weight excluding hydrogens is 228 g/mol. The van der Waals surface area contributed by atoms with Crippen molar-refractivity contribution in [2.24, 2.45) is 0 Å². The lowest BCUT2D eigenvalue weighted by Gasteiger charge is -2.40. The van der Waals surface area contributed by atoms with E-state index in [9.17, 15) is 4.79 Å². The van der Waals surface area contributed by atoms with E-state index >= 15 is 0 Å². The normalized spacial score (nSPS) is 18.8. The zero-order chi connectivity index (χ0) is 13.6. The van der Waals surface area contributed by atoms with Gasteiger partial charge in [-0.1, -0.05) is 13.0 Å². The lowest BCUT2D eigenvalue weighted by atomic mass is 10.0. The molecule has 18 heavy (non-hydrogen) atoms. The Kier molecular flexibility index (Phi) is 5.82. The van der Waals surface area contributed by atoms with Gasteiger partial charge in [-0.3, -0.25) is 9.69 Å². The molecule has 0 aromatic carbocycles. The molecule has 0 radical (unpaired) electrons. The van der Waals surface area contributed by atoms with E-state index in [0.29, 0.717) is 6.54 Å². The number of ether oxygens (including phenoxy) is 1. The Hall–Kier alpha value is -0.870. The van der Waals surface area contributed by atoms with Gasteiger partial charge in [-0.2, -0.15) is 0 Å². The molecule has 0 unspecified atom stereocenters. The Morgan fingerprint density at radius 1 is 1.39 bits per heavy atom. The molecule has 0 saturated carbocycles. The van der Waals surface area contributed by atoms with E-state index in [1.807, 2.05) is 19.9 Å². The van der Waals surface area contributed by atoms with E-state index in [1.54, 1.807) is 0 Å². The Morgan fingerprint density at radius 2 is 2.00 bits per heavy atom. The molecule has 0 spiro atoms. The lowest BCUT2D eigenvalue weighted by Crippen LogP contribution is -2.55. The fraction of sp³-hybridized carbons (Fsp3) is 0.786. The predicted molar refractivity (Wildman–Crippen MR) is 73.5 cm³/mol. The average Bonchev–Trinajstić information content (AvgIpc) is 2.37. The second kappa shape index (κ2) is 6.90. The third-order valence-corrected chi connectivity index (χ3v) is 3.42. The van der Waals surface area contributed by atoms with Crippen molar-refractivity contribution in [2.75, 3.05) is 32.8 Å². The first-order chi connectivity index (χ1) is 8.47. The van der Waals surface area contributed by atoms with E-state index in [4.69, 9.17) is 4.74 Å². The van der Waals surface area contributed by atoms with Crippen molar-refractivity contribution >= 4 is 5.91 Å². The molecule has 4 nitrogen and oxygen atoms in total. The quantitative estimate of drug-likeness (QED) is 0.757. The summed E-state index contributed by atoms with van der Waals surface area (Å²) in [6.45, 7) is 12.3. The van der Waals surface area contributed by atoms with Gasteiger partial charge in [0, 0.05) is 30.7 Å². The van der Waals surface area contributed by atoms with Crippen LogP contribution in [0.3, 0.4) is 0 Å². The topological polar surface area (TPSA) is 41.6 Å². The SMILES string of the molecule is CC/C=C(\C)C(=O)NCC(C)(C)N1CCOCC1. The molecule has 0 aromatic heterocycles. The summed E-state index contributed by atoms with van der Waals surface area (Å²) in [4.78, 5) is 14.2. The van der Waals surface area contributed by atoms with Gasteiger partial charge < -0.3 is 10.1 Å². The molecule has 0 aliphatic carbocycles. The summed E-state index contributed by atoms with van der Waals surface area (Å²) in [6.07, 6.45) is 2.85. The molecule has 104 valence electrons. The second-order valence-electron chi connectivity index (χ2n) is 5.39. The monoisotopic (exact) mass is 254 g/mol. The first-order valence-corrected chi connectivity index (χ1v) is 6.75. The largest absolute Gasteiger partial charge is 0.379 e. The van der Waals surface area contributed by atoms with Crippen molar-refractivity contribution in [3.8, 4) is 0 Å². The van der Waals surface area contributed by atoms with Crippen LogP contribution in [0.1, 0.15) is 34.1 Å². The van der Waals surface area contributed by atoms with Gasteiger partial charge in [-0.05, 0) is 27.2 Å². The molecule has 1 rings (SSSR count). The first kappa shape index (κ1) is 15.2. The van der Waals surface area contributed by atoms with Crippen LogP contribution in [0.4, 0.5) is 0 Å². The molecule has 0 aromatic rings. The van der Waals surface area contributed by atoms with E-state index < -0.39 is 0 Å². The van der Waals surface area contributed by atoms with Gasteiger partial charge in [-0.15, -0.1) is 0 Å². The number of nitrogens with zero attached hydrogens (tertiary/aromatic N) is 1. The standard InChI is InChI=1S/C14H26N2O2/c1-5-6-12(2)13(17)15-11-14(3,4)16-7-9-18-10-8-16/h6H,5,7-11H2,1-4H3,(H,15,17)/b12-6+. The minimum absolute atomic E-state index is 0.0219. The van der Waals surface area contributed by atoms with Gasteiger partial charge in [0.05, 0.1) is 13.2 Å². The van der Waals surface area contributed by atoms with Crippen LogP contribution in [0.25, 0.3) is 0 Å².